The van der Waals surface area contributed by atoms with Gasteiger partial charge in [-0.2, -0.15) is 0 Å². The monoisotopic (exact) mass is 256 g/mol. The minimum atomic E-state index is 0.129. The molecule has 0 aliphatic heterocycles. The van der Waals surface area contributed by atoms with E-state index >= 15 is 0 Å². The molecule has 2 N–H and O–H groups in total. The molecule has 0 aliphatic rings. The van der Waals surface area contributed by atoms with Crippen LogP contribution in [0, 0.1) is 0 Å². The Labute approximate surface area is 109 Å². The second-order valence-electron chi connectivity index (χ2n) is 4.37. The number of hydrogen-bond acceptors (Lipinski definition) is 3. The highest BCUT2D eigenvalue weighted by Gasteiger charge is 2.07. The molecule has 0 radical (unpaired) electrons. The Kier molecular flexibility index (Phi) is 5.75. The second kappa shape index (κ2) is 6.84. The van der Waals surface area contributed by atoms with Crippen molar-refractivity contribution in [3.05, 3.63) is 28.8 Å². The maximum atomic E-state index is 6.24. The lowest BCUT2D eigenvalue weighted by Gasteiger charge is -2.20. The van der Waals surface area contributed by atoms with Gasteiger partial charge in [0, 0.05) is 37.5 Å². The van der Waals surface area contributed by atoms with Crippen molar-refractivity contribution in [1.82, 2.24) is 0 Å². The van der Waals surface area contributed by atoms with Crippen molar-refractivity contribution < 1.29 is 4.74 Å². The Morgan fingerprint density at radius 2 is 2.18 bits per heavy atom. The van der Waals surface area contributed by atoms with Crippen LogP contribution in [0.2, 0.25) is 5.02 Å². The number of halogens is 1. The average Bonchev–Trinajstić information content (AvgIpc) is 2.28. The molecule has 1 aromatic carbocycles. The van der Waals surface area contributed by atoms with E-state index in [0.29, 0.717) is 6.61 Å². The van der Waals surface area contributed by atoms with Gasteiger partial charge in [0.2, 0.25) is 0 Å². The van der Waals surface area contributed by atoms with Crippen molar-refractivity contribution in [2.75, 3.05) is 32.2 Å². The standard InChI is InChI=1S/C13H21ClN2O/c1-10(15)8-11-4-5-12(9-13(11)14)16(2)6-7-17-3/h4-5,9-10H,6-8,15H2,1-3H3. The van der Waals surface area contributed by atoms with Gasteiger partial charge in [0.1, 0.15) is 0 Å². The van der Waals surface area contributed by atoms with E-state index in [1.54, 1.807) is 7.11 Å². The first kappa shape index (κ1) is 14.3. The van der Waals surface area contributed by atoms with Crippen molar-refractivity contribution in [3.63, 3.8) is 0 Å². The summed E-state index contributed by atoms with van der Waals surface area (Å²) in [6.07, 6.45) is 0.806. The van der Waals surface area contributed by atoms with Gasteiger partial charge < -0.3 is 15.4 Å². The van der Waals surface area contributed by atoms with Gasteiger partial charge in [0.15, 0.2) is 0 Å². The number of ether oxygens (including phenoxy) is 1. The second-order valence-corrected chi connectivity index (χ2v) is 4.78. The number of anilines is 1. The summed E-state index contributed by atoms with van der Waals surface area (Å²) in [4.78, 5) is 2.12. The van der Waals surface area contributed by atoms with Gasteiger partial charge in [-0.3, -0.25) is 0 Å². The zero-order valence-corrected chi connectivity index (χ0v) is 11.5. The topological polar surface area (TPSA) is 38.5 Å². The first-order valence-corrected chi connectivity index (χ1v) is 6.16. The Balaban J connectivity index is 2.73. The van der Waals surface area contributed by atoms with Crippen LogP contribution in [0.1, 0.15) is 12.5 Å². The van der Waals surface area contributed by atoms with Crippen LogP contribution in [0.4, 0.5) is 5.69 Å². The van der Waals surface area contributed by atoms with Crippen molar-refractivity contribution >= 4 is 17.3 Å². The molecule has 1 unspecified atom stereocenters. The van der Waals surface area contributed by atoms with Crippen molar-refractivity contribution in [2.24, 2.45) is 5.73 Å². The van der Waals surface area contributed by atoms with Crippen LogP contribution in [0.15, 0.2) is 18.2 Å². The van der Waals surface area contributed by atoms with Crippen LogP contribution in [0.25, 0.3) is 0 Å². The summed E-state index contributed by atoms with van der Waals surface area (Å²) < 4.78 is 5.05. The molecule has 1 aromatic rings. The van der Waals surface area contributed by atoms with Crippen LogP contribution >= 0.6 is 11.6 Å². The van der Waals surface area contributed by atoms with Gasteiger partial charge in [-0.25, -0.2) is 0 Å². The summed E-state index contributed by atoms with van der Waals surface area (Å²) in [5.74, 6) is 0. The minimum absolute atomic E-state index is 0.129. The zero-order chi connectivity index (χ0) is 12.8. The molecule has 0 aromatic heterocycles. The fourth-order valence-corrected chi connectivity index (χ4v) is 1.90. The molecular weight excluding hydrogens is 236 g/mol. The Hall–Kier alpha value is -0.770. The Bertz CT molecular complexity index is 355. The number of rotatable bonds is 6. The molecule has 0 bridgehead atoms. The summed E-state index contributed by atoms with van der Waals surface area (Å²) in [5, 5.41) is 0.782. The highest BCUT2D eigenvalue weighted by molar-refractivity contribution is 6.31. The molecule has 17 heavy (non-hydrogen) atoms. The van der Waals surface area contributed by atoms with E-state index in [1.165, 1.54) is 0 Å². The first-order valence-electron chi connectivity index (χ1n) is 5.78. The molecule has 1 atom stereocenters. The van der Waals surface area contributed by atoms with Crippen LogP contribution in [0.3, 0.4) is 0 Å². The average molecular weight is 257 g/mol. The number of benzene rings is 1. The molecule has 0 fully saturated rings. The van der Waals surface area contributed by atoms with Gasteiger partial charge >= 0.3 is 0 Å². The van der Waals surface area contributed by atoms with Gasteiger partial charge in [-0.05, 0) is 31.0 Å². The van der Waals surface area contributed by atoms with Crippen molar-refractivity contribution in [3.8, 4) is 0 Å². The SMILES string of the molecule is COCCN(C)c1ccc(CC(C)N)c(Cl)c1. The van der Waals surface area contributed by atoms with Gasteiger partial charge in [0.05, 0.1) is 6.61 Å². The molecule has 0 saturated heterocycles. The lowest BCUT2D eigenvalue weighted by Crippen LogP contribution is -2.22. The van der Waals surface area contributed by atoms with Crippen LogP contribution in [-0.4, -0.2) is 33.4 Å². The van der Waals surface area contributed by atoms with Crippen molar-refractivity contribution in [1.29, 1.82) is 0 Å². The highest BCUT2D eigenvalue weighted by atomic mass is 35.5. The zero-order valence-electron chi connectivity index (χ0n) is 10.7. The molecule has 4 heteroatoms. The number of nitrogens with two attached hydrogens (primary N) is 1. The fourth-order valence-electron chi connectivity index (χ4n) is 1.64. The fraction of sp³-hybridized carbons (Fsp3) is 0.538. The van der Waals surface area contributed by atoms with Crippen LogP contribution in [0.5, 0.6) is 0 Å². The van der Waals surface area contributed by atoms with Gasteiger partial charge in [-0.1, -0.05) is 17.7 Å². The number of hydrogen-bond donors (Lipinski definition) is 1. The summed E-state index contributed by atoms with van der Waals surface area (Å²) in [7, 11) is 3.72. The predicted molar refractivity (Wildman–Crippen MR) is 74.0 cm³/mol. The molecular formula is C13H21ClN2O. The third kappa shape index (κ3) is 4.54. The molecule has 1 rings (SSSR count). The lowest BCUT2D eigenvalue weighted by atomic mass is 10.1. The number of likely N-dealkylation sites (N-methyl/N-ethyl adjacent to an activating group) is 1. The predicted octanol–water partition coefficient (Wildman–Crippen LogP) is 2.31. The minimum Gasteiger partial charge on any atom is -0.383 e. The van der Waals surface area contributed by atoms with Crippen LogP contribution < -0.4 is 10.6 Å². The third-order valence-electron chi connectivity index (χ3n) is 2.65. The highest BCUT2D eigenvalue weighted by Crippen LogP contribution is 2.23. The lowest BCUT2D eigenvalue weighted by molar-refractivity contribution is 0.206. The Morgan fingerprint density at radius 3 is 2.71 bits per heavy atom. The molecule has 0 saturated carbocycles. The molecule has 0 heterocycles. The normalized spacial score (nSPS) is 12.5. The maximum absolute atomic E-state index is 6.24. The van der Waals surface area contributed by atoms with Crippen LogP contribution in [-0.2, 0) is 11.2 Å². The molecule has 3 nitrogen and oxygen atoms in total. The molecule has 96 valence electrons. The summed E-state index contributed by atoms with van der Waals surface area (Å²) in [5.41, 5.74) is 7.97. The Morgan fingerprint density at radius 1 is 1.47 bits per heavy atom. The maximum Gasteiger partial charge on any atom is 0.0637 e. The van der Waals surface area contributed by atoms with E-state index in [0.717, 1.165) is 29.2 Å². The van der Waals surface area contributed by atoms with E-state index in [2.05, 4.69) is 11.0 Å². The molecule has 0 amide bonds. The summed E-state index contributed by atoms with van der Waals surface area (Å²) in [6, 6.07) is 6.22. The van der Waals surface area contributed by atoms with Gasteiger partial charge in [0.25, 0.3) is 0 Å². The summed E-state index contributed by atoms with van der Waals surface area (Å²) >= 11 is 6.24. The number of methoxy groups -OCH3 is 1. The largest absolute Gasteiger partial charge is 0.383 e. The van der Waals surface area contributed by atoms with Gasteiger partial charge in [-0.15, -0.1) is 0 Å². The van der Waals surface area contributed by atoms with E-state index < -0.39 is 0 Å². The quantitative estimate of drug-likeness (QED) is 0.849. The number of nitrogens with zero attached hydrogens (tertiary/aromatic N) is 1. The van der Waals surface area contributed by atoms with Crippen molar-refractivity contribution in [2.45, 2.75) is 19.4 Å². The molecule has 0 aliphatic carbocycles. The molecule has 0 spiro atoms. The summed E-state index contributed by atoms with van der Waals surface area (Å²) in [6.45, 7) is 3.53. The third-order valence-corrected chi connectivity index (χ3v) is 3.00. The van der Waals surface area contributed by atoms with E-state index in [-0.39, 0.29) is 6.04 Å². The van der Waals surface area contributed by atoms with E-state index in [4.69, 9.17) is 22.1 Å². The smallest absolute Gasteiger partial charge is 0.0637 e. The van der Waals surface area contributed by atoms with E-state index in [1.807, 2.05) is 26.1 Å². The first-order chi connectivity index (χ1) is 8.04. The van der Waals surface area contributed by atoms with E-state index in [9.17, 15) is 0 Å².